The average molecular weight is 387 g/mol. The monoisotopic (exact) mass is 387 g/mol. The molecule has 5 nitrogen and oxygen atoms in total. The fourth-order valence-electron chi connectivity index (χ4n) is 3.95. The number of hydrogen-bond acceptors (Lipinski definition) is 5. The molecule has 0 aromatic heterocycles. The minimum atomic E-state index is -0.521. The van der Waals surface area contributed by atoms with Gasteiger partial charge in [-0.2, -0.15) is 0 Å². The molecule has 0 spiro atoms. The van der Waals surface area contributed by atoms with Crippen LogP contribution >= 0.6 is 0 Å². The van der Waals surface area contributed by atoms with Crippen LogP contribution in [0.3, 0.4) is 0 Å². The first-order valence-electron chi connectivity index (χ1n) is 9.34. The van der Waals surface area contributed by atoms with Crippen molar-refractivity contribution in [2.45, 2.75) is 12.8 Å². The maximum Gasteiger partial charge on any atom is 0.336 e. The quantitative estimate of drug-likeness (QED) is 0.621. The predicted octanol–water partition coefficient (Wildman–Crippen LogP) is 3.99. The van der Waals surface area contributed by atoms with E-state index in [2.05, 4.69) is 11.9 Å². The van der Waals surface area contributed by atoms with E-state index in [0.717, 1.165) is 16.8 Å². The lowest BCUT2D eigenvalue weighted by molar-refractivity contribution is -0.136. The van der Waals surface area contributed by atoms with Crippen molar-refractivity contribution in [3.05, 3.63) is 94.7 Å². The van der Waals surface area contributed by atoms with Crippen LogP contribution in [0.1, 0.15) is 34.3 Å². The number of Topliss-reactive ketones (excluding diaryl/α,β-unsaturated/α-hetero) is 1. The van der Waals surface area contributed by atoms with Gasteiger partial charge in [0, 0.05) is 28.3 Å². The van der Waals surface area contributed by atoms with Crippen LogP contribution in [0.25, 0.3) is 5.70 Å². The van der Waals surface area contributed by atoms with Gasteiger partial charge in [0.05, 0.1) is 18.4 Å². The molecule has 29 heavy (non-hydrogen) atoms. The summed E-state index contributed by atoms with van der Waals surface area (Å²) in [6.07, 6.45) is 1.67. The lowest BCUT2D eigenvalue weighted by Crippen LogP contribution is -2.29. The highest BCUT2D eigenvalue weighted by molar-refractivity contribution is 6.23. The summed E-state index contributed by atoms with van der Waals surface area (Å²) in [6, 6.07) is 14.9. The molecular weight excluding hydrogens is 366 g/mol. The number of rotatable bonds is 5. The highest BCUT2D eigenvalue weighted by Gasteiger charge is 2.42. The van der Waals surface area contributed by atoms with E-state index in [1.54, 1.807) is 6.08 Å². The second kappa shape index (κ2) is 7.43. The van der Waals surface area contributed by atoms with Gasteiger partial charge >= 0.3 is 5.97 Å². The van der Waals surface area contributed by atoms with E-state index < -0.39 is 11.9 Å². The fraction of sp³-hybridized carbons (Fsp3) is 0.167. The molecule has 2 aromatic rings. The van der Waals surface area contributed by atoms with Crippen molar-refractivity contribution in [2.24, 2.45) is 0 Å². The number of fused-ring (bicyclic) bond motifs is 2. The first-order valence-corrected chi connectivity index (χ1v) is 9.34. The summed E-state index contributed by atoms with van der Waals surface area (Å²) in [5, 5.41) is 3.27. The number of hydrogen-bond donors (Lipinski definition) is 1. The van der Waals surface area contributed by atoms with Gasteiger partial charge in [-0.25, -0.2) is 4.79 Å². The van der Waals surface area contributed by atoms with E-state index >= 15 is 0 Å². The van der Waals surface area contributed by atoms with Crippen molar-refractivity contribution in [1.82, 2.24) is 5.32 Å². The molecule has 1 atom stereocenters. The summed E-state index contributed by atoms with van der Waals surface area (Å²) in [6.45, 7) is 5.88. The maximum absolute atomic E-state index is 13.3. The molecule has 2 aromatic carbocycles. The molecule has 5 heteroatoms. The Morgan fingerprint density at radius 2 is 1.83 bits per heavy atom. The number of benzene rings is 2. The molecule has 1 aliphatic heterocycles. The molecule has 0 saturated carbocycles. The number of ketones is 1. The molecule has 146 valence electrons. The minimum absolute atomic E-state index is 0.0750. The van der Waals surface area contributed by atoms with Crippen LogP contribution in [0.4, 0.5) is 0 Å². The van der Waals surface area contributed by atoms with Crippen molar-refractivity contribution < 1.29 is 19.1 Å². The van der Waals surface area contributed by atoms with Crippen LogP contribution in [0.15, 0.2) is 78.0 Å². The molecule has 0 radical (unpaired) electrons. The maximum atomic E-state index is 13.3. The third kappa shape index (κ3) is 3.05. The minimum Gasteiger partial charge on any atom is -0.490 e. The largest absolute Gasteiger partial charge is 0.490 e. The van der Waals surface area contributed by atoms with E-state index in [0.29, 0.717) is 34.8 Å². The molecule has 4 rings (SSSR count). The topological polar surface area (TPSA) is 64.6 Å². The normalized spacial score (nSPS) is 17.4. The Morgan fingerprint density at radius 3 is 2.48 bits per heavy atom. The molecule has 1 N–H and O–H groups in total. The van der Waals surface area contributed by atoms with Crippen LogP contribution in [0, 0.1) is 0 Å². The molecule has 2 aliphatic rings. The van der Waals surface area contributed by atoms with Gasteiger partial charge in [0.15, 0.2) is 5.78 Å². The Labute approximate surface area is 169 Å². The zero-order valence-corrected chi connectivity index (χ0v) is 16.3. The molecule has 1 heterocycles. The van der Waals surface area contributed by atoms with Crippen LogP contribution in [-0.4, -0.2) is 25.5 Å². The van der Waals surface area contributed by atoms with E-state index in [1.807, 2.05) is 55.5 Å². The van der Waals surface area contributed by atoms with Gasteiger partial charge in [-0.3, -0.25) is 4.79 Å². The van der Waals surface area contributed by atoms with E-state index in [9.17, 15) is 9.59 Å². The van der Waals surface area contributed by atoms with Crippen LogP contribution in [0.2, 0.25) is 0 Å². The summed E-state index contributed by atoms with van der Waals surface area (Å²) in [5.41, 5.74) is 4.76. The van der Waals surface area contributed by atoms with E-state index in [1.165, 1.54) is 7.11 Å². The van der Waals surface area contributed by atoms with Crippen molar-refractivity contribution >= 4 is 17.4 Å². The van der Waals surface area contributed by atoms with E-state index in [4.69, 9.17) is 9.47 Å². The third-order valence-electron chi connectivity index (χ3n) is 5.24. The van der Waals surface area contributed by atoms with Crippen LogP contribution in [-0.2, 0) is 9.53 Å². The number of methoxy groups -OCH3 is 1. The number of carbonyl (C=O) groups excluding carboxylic acids is 2. The fourth-order valence-corrected chi connectivity index (χ4v) is 3.95. The first-order chi connectivity index (χ1) is 14.1. The van der Waals surface area contributed by atoms with Crippen molar-refractivity contribution in [3.63, 3.8) is 0 Å². The van der Waals surface area contributed by atoms with Gasteiger partial charge in [-0.05, 0) is 24.6 Å². The number of dihydropyridines is 1. The average Bonchev–Trinajstić information content (AvgIpc) is 3.03. The van der Waals surface area contributed by atoms with Gasteiger partial charge in [0.1, 0.15) is 12.4 Å². The standard InChI is InChI=1S/C24H21NO4/c1-4-13-29-16-11-9-15(10-12-16)20-19(24(27)28-3)14(2)25-22-17-7-5-6-8-18(17)23(26)21(20)22/h4-12,20,25H,1,13H2,2-3H3. The lowest BCUT2D eigenvalue weighted by atomic mass is 9.80. The zero-order chi connectivity index (χ0) is 20.5. The number of esters is 1. The molecule has 1 unspecified atom stereocenters. The van der Waals surface area contributed by atoms with Crippen LogP contribution < -0.4 is 10.1 Å². The SMILES string of the molecule is C=CCOc1ccc(C2C(C(=O)OC)=C(C)NC3=C2C(=O)c2ccccc23)cc1. The summed E-state index contributed by atoms with van der Waals surface area (Å²) in [4.78, 5) is 25.9. The van der Waals surface area contributed by atoms with Gasteiger partial charge < -0.3 is 14.8 Å². The molecule has 0 saturated heterocycles. The molecule has 0 fully saturated rings. The number of ether oxygens (including phenoxy) is 2. The van der Waals surface area contributed by atoms with Gasteiger partial charge in [0.2, 0.25) is 0 Å². The molecular formula is C24H21NO4. The molecule has 0 bridgehead atoms. The smallest absolute Gasteiger partial charge is 0.336 e. The summed E-state index contributed by atoms with van der Waals surface area (Å²) < 4.78 is 10.6. The van der Waals surface area contributed by atoms with Crippen LogP contribution in [0.5, 0.6) is 5.75 Å². The molecule has 1 aliphatic carbocycles. The highest BCUT2D eigenvalue weighted by Crippen LogP contribution is 2.46. The lowest BCUT2D eigenvalue weighted by Gasteiger charge is -2.29. The van der Waals surface area contributed by atoms with Gasteiger partial charge in [0.25, 0.3) is 0 Å². The third-order valence-corrected chi connectivity index (χ3v) is 5.24. The Morgan fingerprint density at radius 1 is 1.14 bits per heavy atom. The number of allylic oxidation sites excluding steroid dienone is 2. The highest BCUT2D eigenvalue weighted by atomic mass is 16.5. The number of carbonyl (C=O) groups is 2. The molecule has 0 amide bonds. The Balaban J connectivity index is 1.85. The first kappa shape index (κ1) is 18.7. The Kier molecular flexibility index (Phi) is 4.80. The Bertz CT molecular complexity index is 1080. The van der Waals surface area contributed by atoms with Crippen molar-refractivity contribution in [3.8, 4) is 5.75 Å². The summed E-state index contributed by atoms with van der Waals surface area (Å²) >= 11 is 0. The van der Waals surface area contributed by atoms with Crippen molar-refractivity contribution in [1.29, 1.82) is 0 Å². The van der Waals surface area contributed by atoms with Gasteiger partial charge in [-0.1, -0.05) is 49.1 Å². The Hall–Kier alpha value is -3.60. The summed E-state index contributed by atoms with van der Waals surface area (Å²) in [7, 11) is 1.35. The number of nitrogens with one attached hydrogen (secondary N) is 1. The van der Waals surface area contributed by atoms with Gasteiger partial charge in [-0.15, -0.1) is 0 Å². The summed E-state index contributed by atoms with van der Waals surface area (Å²) in [5.74, 6) is -0.360. The second-order valence-corrected chi connectivity index (χ2v) is 6.92. The van der Waals surface area contributed by atoms with E-state index in [-0.39, 0.29) is 5.78 Å². The zero-order valence-electron chi connectivity index (χ0n) is 16.3. The second-order valence-electron chi connectivity index (χ2n) is 6.92. The predicted molar refractivity (Wildman–Crippen MR) is 110 cm³/mol. The van der Waals surface area contributed by atoms with Crippen molar-refractivity contribution in [2.75, 3.05) is 13.7 Å².